The number of benzene rings is 2. The van der Waals surface area contributed by atoms with Gasteiger partial charge in [-0.05, 0) is 24.3 Å². The Kier molecular flexibility index (Phi) is 6.28. The van der Waals surface area contributed by atoms with Crippen molar-refractivity contribution < 1.29 is 14.0 Å². The van der Waals surface area contributed by atoms with Gasteiger partial charge in [-0.3, -0.25) is 14.5 Å². The smallest absolute Gasteiger partial charge is 0.227 e. The SMILES string of the molecule is O=C(NCCN1CCN(c2ccccc2)CC1)C1CC(=O)N(c2ccccc2F)C1. The van der Waals surface area contributed by atoms with Crippen molar-refractivity contribution in [2.75, 3.05) is 55.6 Å². The van der Waals surface area contributed by atoms with E-state index in [2.05, 4.69) is 39.4 Å². The minimum absolute atomic E-state index is 0.121. The van der Waals surface area contributed by atoms with E-state index in [4.69, 9.17) is 0 Å². The number of carbonyl (C=O) groups excluding carboxylic acids is 2. The predicted molar refractivity (Wildman–Crippen MR) is 115 cm³/mol. The van der Waals surface area contributed by atoms with Crippen LogP contribution in [0.1, 0.15) is 6.42 Å². The van der Waals surface area contributed by atoms with Crippen molar-refractivity contribution in [2.24, 2.45) is 5.92 Å². The number of carbonyl (C=O) groups is 2. The van der Waals surface area contributed by atoms with E-state index in [1.807, 2.05) is 6.07 Å². The van der Waals surface area contributed by atoms with Crippen molar-refractivity contribution in [1.29, 1.82) is 0 Å². The Morgan fingerprint density at radius 1 is 1.00 bits per heavy atom. The first-order valence-electron chi connectivity index (χ1n) is 10.5. The van der Waals surface area contributed by atoms with E-state index in [0.717, 1.165) is 32.7 Å². The normalized spacial score (nSPS) is 19.9. The quantitative estimate of drug-likeness (QED) is 0.793. The molecule has 2 aliphatic heterocycles. The summed E-state index contributed by atoms with van der Waals surface area (Å²) >= 11 is 0. The van der Waals surface area contributed by atoms with E-state index in [1.54, 1.807) is 18.2 Å². The van der Waals surface area contributed by atoms with Gasteiger partial charge in [0.25, 0.3) is 0 Å². The maximum absolute atomic E-state index is 14.0. The summed E-state index contributed by atoms with van der Waals surface area (Å²) in [4.78, 5) is 30.9. The summed E-state index contributed by atoms with van der Waals surface area (Å²) in [6.07, 6.45) is 0.121. The molecule has 2 fully saturated rings. The molecule has 7 heteroatoms. The molecule has 2 heterocycles. The lowest BCUT2D eigenvalue weighted by Gasteiger charge is -2.36. The number of nitrogens with one attached hydrogen (secondary N) is 1. The molecule has 0 saturated carbocycles. The summed E-state index contributed by atoms with van der Waals surface area (Å²) in [5.41, 5.74) is 1.49. The highest BCUT2D eigenvalue weighted by atomic mass is 19.1. The minimum atomic E-state index is -0.443. The van der Waals surface area contributed by atoms with Crippen LogP contribution in [-0.2, 0) is 9.59 Å². The molecule has 2 aromatic rings. The molecule has 30 heavy (non-hydrogen) atoms. The molecule has 2 amide bonds. The van der Waals surface area contributed by atoms with E-state index in [9.17, 15) is 14.0 Å². The highest BCUT2D eigenvalue weighted by molar-refractivity contribution is 6.00. The Morgan fingerprint density at radius 2 is 1.70 bits per heavy atom. The summed E-state index contributed by atoms with van der Waals surface area (Å²) in [7, 11) is 0. The second-order valence-electron chi connectivity index (χ2n) is 7.81. The average molecular weight is 410 g/mol. The highest BCUT2D eigenvalue weighted by Gasteiger charge is 2.36. The first kappa shape index (κ1) is 20.3. The number of para-hydroxylation sites is 2. The molecule has 2 aliphatic rings. The number of halogens is 1. The molecule has 0 aromatic heterocycles. The van der Waals surface area contributed by atoms with Gasteiger partial charge in [0.15, 0.2) is 0 Å². The van der Waals surface area contributed by atoms with Gasteiger partial charge in [0.2, 0.25) is 11.8 Å². The predicted octanol–water partition coefficient (Wildman–Crippen LogP) is 2.12. The maximum atomic E-state index is 14.0. The molecule has 0 bridgehead atoms. The van der Waals surface area contributed by atoms with Crippen LogP contribution in [0.4, 0.5) is 15.8 Å². The van der Waals surface area contributed by atoms with Crippen LogP contribution < -0.4 is 15.1 Å². The first-order valence-corrected chi connectivity index (χ1v) is 10.5. The lowest BCUT2D eigenvalue weighted by molar-refractivity contribution is -0.126. The molecule has 2 aromatic carbocycles. The number of hydrogen-bond donors (Lipinski definition) is 1. The Hall–Kier alpha value is -2.93. The number of amides is 2. The monoisotopic (exact) mass is 410 g/mol. The standard InChI is InChI=1S/C23H27FN4O2/c24-20-8-4-5-9-21(20)28-17-18(16-22(28)29)23(30)25-10-11-26-12-14-27(15-13-26)19-6-2-1-3-7-19/h1-9,18H,10-17H2,(H,25,30). The molecule has 1 N–H and O–H groups in total. The average Bonchev–Trinajstić information content (AvgIpc) is 3.17. The zero-order chi connectivity index (χ0) is 20.9. The zero-order valence-electron chi connectivity index (χ0n) is 17.0. The largest absolute Gasteiger partial charge is 0.369 e. The van der Waals surface area contributed by atoms with Crippen molar-refractivity contribution in [3.8, 4) is 0 Å². The third kappa shape index (κ3) is 4.62. The van der Waals surface area contributed by atoms with Crippen LogP contribution in [0.2, 0.25) is 0 Å². The molecule has 0 radical (unpaired) electrons. The summed E-state index contributed by atoms with van der Waals surface area (Å²) in [5, 5.41) is 2.96. The molecule has 6 nitrogen and oxygen atoms in total. The summed E-state index contributed by atoms with van der Waals surface area (Å²) < 4.78 is 14.0. The third-order valence-corrected chi connectivity index (χ3v) is 5.86. The minimum Gasteiger partial charge on any atom is -0.369 e. The van der Waals surface area contributed by atoms with Gasteiger partial charge >= 0.3 is 0 Å². The van der Waals surface area contributed by atoms with E-state index >= 15 is 0 Å². The Balaban J connectivity index is 1.20. The molecular formula is C23H27FN4O2. The first-order chi connectivity index (χ1) is 14.6. The number of piperazine rings is 1. The number of nitrogens with zero attached hydrogens (tertiary/aromatic N) is 3. The third-order valence-electron chi connectivity index (χ3n) is 5.86. The van der Waals surface area contributed by atoms with E-state index in [1.165, 1.54) is 16.7 Å². The second-order valence-corrected chi connectivity index (χ2v) is 7.81. The van der Waals surface area contributed by atoms with E-state index < -0.39 is 11.7 Å². The van der Waals surface area contributed by atoms with Crippen LogP contribution in [0.3, 0.4) is 0 Å². The molecule has 4 rings (SSSR count). The van der Waals surface area contributed by atoms with Crippen molar-refractivity contribution in [2.45, 2.75) is 6.42 Å². The Labute approximate surface area is 176 Å². The van der Waals surface area contributed by atoms with Crippen molar-refractivity contribution in [3.05, 3.63) is 60.4 Å². The van der Waals surface area contributed by atoms with Crippen LogP contribution in [0.25, 0.3) is 0 Å². The van der Waals surface area contributed by atoms with Gasteiger partial charge in [-0.25, -0.2) is 4.39 Å². The van der Waals surface area contributed by atoms with Gasteiger partial charge in [-0.15, -0.1) is 0 Å². The van der Waals surface area contributed by atoms with E-state index in [-0.39, 0.29) is 30.5 Å². The van der Waals surface area contributed by atoms with Gasteiger partial charge in [-0.1, -0.05) is 30.3 Å². The molecule has 0 aliphatic carbocycles. The molecule has 1 atom stereocenters. The highest BCUT2D eigenvalue weighted by Crippen LogP contribution is 2.27. The molecule has 2 saturated heterocycles. The molecule has 0 spiro atoms. The topological polar surface area (TPSA) is 55.9 Å². The fraction of sp³-hybridized carbons (Fsp3) is 0.391. The summed E-state index contributed by atoms with van der Waals surface area (Å²) in [6, 6.07) is 16.6. The Bertz CT molecular complexity index is 884. The molecular weight excluding hydrogens is 383 g/mol. The van der Waals surface area contributed by atoms with E-state index in [0.29, 0.717) is 6.54 Å². The lowest BCUT2D eigenvalue weighted by Crippen LogP contribution is -2.48. The zero-order valence-corrected chi connectivity index (χ0v) is 17.0. The lowest BCUT2D eigenvalue weighted by atomic mass is 10.1. The molecule has 158 valence electrons. The Morgan fingerprint density at radius 3 is 2.43 bits per heavy atom. The number of rotatable bonds is 6. The van der Waals surface area contributed by atoms with Crippen molar-refractivity contribution >= 4 is 23.2 Å². The maximum Gasteiger partial charge on any atom is 0.227 e. The van der Waals surface area contributed by atoms with Gasteiger partial charge in [0, 0.05) is 57.9 Å². The van der Waals surface area contributed by atoms with Crippen molar-refractivity contribution in [1.82, 2.24) is 10.2 Å². The fourth-order valence-corrected chi connectivity index (χ4v) is 4.14. The van der Waals surface area contributed by atoms with Gasteiger partial charge in [-0.2, -0.15) is 0 Å². The van der Waals surface area contributed by atoms with Gasteiger partial charge in [0.1, 0.15) is 5.82 Å². The van der Waals surface area contributed by atoms with Crippen LogP contribution in [0.15, 0.2) is 54.6 Å². The number of anilines is 2. The van der Waals surface area contributed by atoms with Crippen LogP contribution >= 0.6 is 0 Å². The van der Waals surface area contributed by atoms with Crippen LogP contribution in [-0.4, -0.2) is 62.5 Å². The van der Waals surface area contributed by atoms with Crippen molar-refractivity contribution in [3.63, 3.8) is 0 Å². The van der Waals surface area contributed by atoms with Gasteiger partial charge in [0.05, 0.1) is 11.6 Å². The summed E-state index contributed by atoms with van der Waals surface area (Å²) in [6.45, 7) is 5.39. The van der Waals surface area contributed by atoms with Crippen LogP contribution in [0, 0.1) is 11.7 Å². The fourth-order valence-electron chi connectivity index (χ4n) is 4.14. The number of hydrogen-bond acceptors (Lipinski definition) is 4. The summed E-state index contributed by atoms with van der Waals surface area (Å²) in [5.74, 6) is -1.23. The van der Waals surface area contributed by atoms with Crippen LogP contribution in [0.5, 0.6) is 0 Å². The van der Waals surface area contributed by atoms with Gasteiger partial charge < -0.3 is 15.1 Å². The molecule has 1 unspecified atom stereocenters. The second kappa shape index (κ2) is 9.26.